The van der Waals surface area contributed by atoms with Crippen LogP contribution in [-0.4, -0.2) is 36.6 Å². The molecule has 1 unspecified atom stereocenters. The molecule has 0 aliphatic rings. The normalized spacial score (nSPS) is 12.5. The van der Waals surface area contributed by atoms with Gasteiger partial charge in [0.1, 0.15) is 10.8 Å². The minimum atomic E-state index is -0.857. The summed E-state index contributed by atoms with van der Waals surface area (Å²) in [7, 11) is 0. The molecule has 6 nitrogen and oxygen atoms in total. The molecule has 2 heterocycles. The molecule has 108 valence electrons. The topological polar surface area (TPSA) is 80.9 Å². The maximum absolute atomic E-state index is 10.7. The van der Waals surface area contributed by atoms with Crippen LogP contribution in [0, 0.1) is 0 Å². The number of nitrogens with zero attached hydrogens (tertiary/aromatic N) is 4. The maximum Gasteiger partial charge on any atom is 0.313 e. The van der Waals surface area contributed by atoms with Crippen molar-refractivity contribution in [1.82, 2.24) is 19.7 Å². The van der Waals surface area contributed by atoms with Gasteiger partial charge in [0.25, 0.3) is 0 Å². The molecule has 0 bridgehead atoms. The summed E-state index contributed by atoms with van der Waals surface area (Å²) in [5, 5.41) is 20.7. The van der Waals surface area contributed by atoms with E-state index in [2.05, 4.69) is 22.1 Å². The van der Waals surface area contributed by atoms with Crippen LogP contribution in [0.3, 0.4) is 0 Å². The van der Waals surface area contributed by atoms with Crippen LogP contribution >= 0.6 is 23.1 Å². The number of hydrogen-bond donors (Lipinski definition) is 1. The summed E-state index contributed by atoms with van der Waals surface area (Å²) >= 11 is 2.79. The van der Waals surface area contributed by atoms with Crippen LogP contribution in [0.15, 0.2) is 16.7 Å². The zero-order valence-corrected chi connectivity index (χ0v) is 12.9. The third kappa shape index (κ3) is 3.18. The second-order valence-electron chi connectivity index (χ2n) is 4.10. The van der Waals surface area contributed by atoms with Crippen LogP contribution in [-0.2, 0) is 11.2 Å². The number of thiazole rings is 1. The number of hydrogen-bond acceptors (Lipinski definition) is 6. The smallest absolute Gasteiger partial charge is 0.313 e. The van der Waals surface area contributed by atoms with Crippen molar-refractivity contribution < 1.29 is 9.90 Å². The molecule has 0 aromatic carbocycles. The first-order chi connectivity index (χ1) is 9.67. The van der Waals surface area contributed by atoms with Crippen molar-refractivity contribution in [2.24, 2.45) is 0 Å². The van der Waals surface area contributed by atoms with Gasteiger partial charge in [0.15, 0.2) is 5.16 Å². The van der Waals surface area contributed by atoms with Crippen molar-refractivity contribution in [2.45, 2.75) is 37.9 Å². The Morgan fingerprint density at radius 3 is 2.85 bits per heavy atom. The van der Waals surface area contributed by atoms with E-state index in [-0.39, 0.29) is 11.8 Å². The third-order valence-corrected chi connectivity index (χ3v) is 4.62. The Bertz CT molecular complexity index is 568. The number of carbonyl (C=O) groups is 1. The predicted octanol–water partition coefficient (Wildman–Crippen LogP) is 2.47. The Labute approximate surface area is 125 Å². The second kappa shape index (κ2) is 6.85. The number of carboxylic acids is 1. The molecule has 2 aromatic heterocycles. The SMILES string of the molecule is CCc1nnc(SCC(=O)O)n1C(CC)c1nccs1. The van der Waals surface area contributed by atoms with Crippen molar-refractivity contribution >= 4 is 29.1 Å². The van der Waals surface area contributed by atoms with Gasteiger partial charge in [-0.3, -0.25) is 9.36 Å². The number of carboxylic acid groups (broad SMARTS) is 1. The van der Waals surface area contributed by atoms with E-state index in [1.807, 2.05) is 16.9 Å². The summed E-state index contributed by atoms with van der Waals surface area (Å²) in [4.78, 5) is 15.1. The lowest BCUT2D eigenvalue weighted by Gasteiger charge is -2.18. The summed E-state index contributed by atoms with van der Waals surface area (Å²) in [5.41, 5.74) is 0. The molecule has 0 spiro atoms. The van der Waals surface area contributed by atoms with Gasteiger partial charge in [0, 0.05) is 18.0 Å². The Morgan fingerprint density at radius 1 is 1.50 bits per heavy atom. The van der Waals surface area contributed by atoms with Crippen LogP contribution in [0.25, 0.3) is 0 Å². The molecule has 0 aliphatic carbocycles. The predicted molar refractivity (Wildman–Crippen MR) is 78.3 cm³/mol. The third-order valence-electron chi connectivity index (χ3n) is 2.81. The zero-order valence-electron chi connectivity index (χ0n) is 11.3. The summed E-state index contributed by atoms with van der Waals surface area (Å²) in [6.45, 7) is 4.10. The highest BCUT2D eigenvalue weighted by Crippen LogP contribution is 2.30. The molecule has 2 rings (SSSR count). The molecule has 1 atom stereocenters. The van der Waals surface area contributed by atoms with Crippen LogP contribution in [0.4, 0.5) is 0 Å². The molecule has 0 aliphatic heterocycles. The van der Waals surface area contributed by atoms with Gasteiger partial charge < -0.3 is 5.11 Å². The first kappa shape index (κ1) is 15.0. The molecule has 0 fully saturated rings. The highest BCUT2D eigenvalue weighted by molar-refractivity contribution is 7.99. The lowest BCUT2D eigenvalue weighted by atomic mass is 10.2. The molecular formula is C12H16N4O2S2. The Balaban J connectivity index is 2.36. The van der Waals surface area contributed by atoms with Crippen LogP contribution < -0.4 is 0 Å². The van der Waals surface area contributed by atoms with E-state index >= 15 is 0 Å². The molecule has 20 heavy (non-hydrogen) atoms. The van der Waals surface area contributed by atoms with E-state index < -0.39 is 5.97 Å². The Hall–Kier alpha value is -1.41. The van der Waals surface area contributed by atoms with E-state index in [1.165, 1.54) is 11.8 Å². The molecule has 0 radical (unpaired) electrons. The standard InChI is InChI=1S/C12H16N4O2S2/c1-3-8(11-13-5-6-19-11)16-9(4-2)14-15-12(16)20-7-10(17)18/h5-6,8H,3-4,7H2,1-2H3,(H,17,18). The van der Waals surface area contributed by atoms with Crippen LogP contribution in [0.2, 0.25) is 0 Å². The number of aromatic nitrogens is 4. The van der Waals surface area contributed by atoms with Crippen molar-refractivity contribution in [1.29, 1.82) is 0 Å². The Morgan fingerprint density at radius 2 is 2.30 bits per heavy atom. The largest absolute Gasteiger partial charge is 0.481 e. The number of rotatable bonds is 7. The minimum absolute atomic E-state index is 0.0177. The highest BCUT2D eigenvalue weighted by atomic mass is 32.2. The van der Waals surface area contributed by atoms with Gasteiger partial charge in [-0.1, -0.05) is 25.6 Å². The zero-order chi connectivity index (χ0) is 14.5. The summed E-state index contributed by atoms with van der Waals surface area (Å²) < 4.78 is 2.02. The maximum atomic E-state index is 10.7. The monoisotopic (exact) mass is 312 g/mol. The Kier molecular flexibility index (Phi) is 5.13. The minimum Gasteiger partial charge on any atom is -0.481 e. The van der Waals surface area contributed by atoms with E-state index in [0.717, 1.165) is 23.7 Å². The first-order valence-corrected chi connectivity index (χ1v) is 8.21. The van der Waals surface area contributed by atoms with Crippen molar-refractivity contribution in [3.8, 4) is 0 Å². The quantitative estimate of drug-likeness (QED) is 0.791. The highest BCUT2D eigenvalue weighted by Gasteiger charge is 2.22. The van der Waals surface area contributed by atoms with E-state index in [4.69, 9.17) is 5.11 Å². The fourth-order valence-electron chi connectivity index (χ4n) is 1.95. The van der Waals surface area contributed by atoms with Gasteiger partial charge in [-0.2, -0.15) is 0 Å². The van der Waals surface area contributed by atoms with E-state index in [0.29, 0.717) is 5.16 Å². The van der Waals surface area contributed by atoms with Gasteiger partial charge in [-0.25, -0.2) is 4.98 Å². The summed E-state index contributed by atoms with van der Waals surface area (Å²) in [5.74, 6) is -0.0132. The van der Waals surface area contributed by atoms with E-state index in [1.54, 1.807) is 17.5 Å². The molecule has 2 aromatic rings. The lowest BCUT2D eigenvalue weighted by molar-refractivity contribution is -0.133. The average Bonchev–Trinajstić information content (AvgIpc) is 3.07. The second-order valence-corrected chi connectivity index (χ2v) is 5.97. The number of aryl methyl sites for hydroxylation is 1. The van der Waals surface area contributed by atoms with Gasteiger partial charge in [-0.15, -0.1) is 21.5 Å². The van der Waals surface area contributed by atoms with Gasteiger partial charge in [0.2, 0.25) is 0 Å². The molecule has 1 N–H and O–H groups in total. The molecule has 0 saturated heterocycles. The molecule has 0 amide bonds. The first-order valence-electron chi connectivity index (χ1n) is 6.35. The van der Waals surface area contributed by atoms with Crippen LogP contribution in [0.5, 0.6) is 0 Å². The van der Waals surface area contributed by atoms with Crippen molar-refractivity contribution in [2.75, 3.05) is 5.75 Å². The van der Waals surface area contributed by atoms with Gasteiger partial charge in [0.05, 0.1) is 11.8 Å². The summed E-state index contributed by atoms with van der Waals surface area (Å²) in [6, 6.07) is 0.0660. The summed E-state index contributed by atoms with van der Waals surface area (Å²) in [6.07, 6.45) is 3.39. The molecular weight excluding hydrogens is 296 g/mol. The van der Waals surface area contributed by atoms with Gasteiger partial charge in [-0.05, 0) is 6.42 Å². The molecule has 0 saturated carbocycles. The van der Waals surface area contributed by atoms with Crippen molar-refractivity contribution in [3.63, 3.8) is 0 Å². The fraction of sp³-hybridized carbons (Fsp3) is 0.500. The van der Waals surface area contributed by atoms with Gasteiger partial charge >= 0.3 is 5.97 Å². The van der Waals surface area contributed by atoms with E-state index in [9.17, 15) is 4.79 Å². The average molecular weight is 312 g/mol. The lowest BCUT2D eigenvalue weighted by Crippen LogP contribution is -2.14. The number of thioether (sulfide) groups is 1. The fourth-order valence-corrected chi connectivity index (χ4v) is 3.49. The molecule has 8 heteroatoms. The van der Waals surface area contributed by atoms with Crippen molar-refractivity contribution in [3.05, 3.63) is 22.4 Å². The van der Waals surface area contributed by atoms with Crippen LogP contribution in [0.1, 0.15) is 37.1 Å². The number of aliphatic carboxylic acids is 1.